The normalized spacial score (nSPS) is 26.2. The smallest absolute Gasteiger partial charge is 0.315 e. The quantitative estimate of drug-likeness (QED) is 0.886. The second kappa shape index (κ2) is 5.90. The van der Waals surface area contributed by atoms with E-state index in [1.54, 1.807) is 6.26 Å². The number of carbonyl (C=O) groups is 1. The van der Waals surface area contributed by atoms with Gasteiger partial charge < -0.3 is 15.1 Å². The summed E-state index contributed by atoms with van der Waals surface area (Å²) >= 11 is 0. The third-order valence-electron chi connectivity index (χ3n) is 4.82. The van der Waals surface area contributed by atoms with Gasteiger partial charge in [-0.25, -0.2) is 4.79 Å². The summed E-state index contributed by atoms with van der Waals surface area (Å²) in [6, 6.07) is 2.26. The highest BCUT2D eigenvalue weighted by atomic mass is 16.3. The summed E-state index contributed by atoms with van der Waals surface area (Å²) in [6.07, 6.45) is 9.69. The van der Waals surface area contributed by atoms with Crippen LogP contribution < -0.4 is 10.6 Å². The van der Waals surface area contributed by atoms with Crippen molar-refractivity contribution in [3.63, 3.8) is 0 Å². The fraction of sp³-hybridized carbons (Fsp3) is 0.688. The van der Waals surface area contributed by atoms with E-state index in [0.717, 1.165) is 23.2 Å². The first-order valence-corrected chi connectivity index (χ1v) is 7.81. The van der Waals surface area contributed by atoms with Crippen LogP contribution in [0.25, 0.3) is 0 Å². The molecule has 2 amide bonds. The Balaban J connectivity index is 1.38. The molecule has 4 heteroatoms. The molecule has 1 heterocycles. The zero-order chi connectivity index (χ0) is 13.9. The Morgan fingerprint density at radius 2 is 2.15 bits per heavy atom. The molecule has 0 radical (unpaired) electrons. The summed E-state index contributed by atoms with van der Waals surface area (Å²) in [5.74, 6) is 2.46. The molecule has 0 unspecified atom stereocenters. The number of nitrogens with one attached hydrogen (secondary N) is 2. The van der Waals surface area contributed by atoms with Gasteiger partial charge in [-0.2, -0.15) is 0 Å². The summed E-state index contributed by atoms with van der Waals surface area (Å²) in [6.45, 7) is 2.45. The van der Waals surface area contributed by atoms with Gasteiger partial charge in [-0.15, -0.1) is 0 Å². The number of urea groups is 1. The summed E-state index contributed by atoms with van der Waals surface area (Å²) in [4.78, 5) is 11.9. The largest absolute Gasteiger partial charge is 0.469 e. The molecule has 2 saturated carbocycles. The molecule has 4 nitrogen and oxygen atoms in total. The average Bonchev–Trinajstić information content (AvgIpc) is 3.10. The SMILES string of the molecule is Cc1occc1CNC(=O)N[C@@H]1C[C@H]1C1CCCCC1. The van der Waals surface area contributed by atoms with Gasteiger partial charge >= 0.3 is 6.03 Å². The summed E-state index contributed by atoms with van der Waals surface area (Å²) in [7, 11) is 0. The fourth-order valence-corrected chi connectivity index (χ4v) is 3.45. The lowest BCUT2D eigenvalue weighted by Crippen LogP contribution is -2.37. The molecule has 0 bridgehead atoms. The van der Waals surface area contributed by atoms with Crippen LogP contribution in [0.2, 0.25) is 0 Å². The van der Waals surface area contributed by atoms with E-state index in [9.17, 15) is 4.79 Å². The topological polar surface area (TPSA) is 54.3 Å². The first-order chi connectivity index (χ1) is 9.74. The summed E-state index contributed by atoms with van der Waals surface area (Å²) in [5.41, 5.74) is 1.04. The van der Waals surface area contributed by atoms with E-state index in [4.69, 9.17) is 4.42 Å². The molecule has 0 aliphatic heterocycles. The maximum absolute atomic E-state index is 11.9. The molecule has 0 saturated heterocycles. The van der Waals surface area contributed by atoms with Gasteiger partial charge in [-0.1, -0.05) is 32.1 Å². The molecule has 2 N–H and O–H groups in total. The highest BCUT2D eigenvalue weighted by Crippen LogP contribution is 2.44. The minimum atomic E-state index is -0.0473. The number of hydrogen-bond acceptors (Lipinski definition) is 2. The third-order valence-corrected chi connectivity index (χ3v) is 4.82. The molecule has 2 aliphatic carbocycles. The Kier molecular flexibility index (Phi) is 3.99. The Morgan fingerprint density at radius 1 is 1.35 bits per heavy atom. The molecule has 2 fully saturated rings. The van der Waals surface area contributed by atoms with Gasteiger partial charge in [0.05, 0.1) is 6.26 Å². The molecule has 1 aromatic heterocycles. The molecule has 3 rings (SSSR count). The molecule has 110 valence electrons. The van der Waals surface area contributed by atoms with Crippen LogP contribution in [0.3, 0.4) is 0 Å². The molecule has 0 aromatic carbocycles. The van der Waals surface area contributed by atoms with Crippen molar-refractivity contribution >= 4 is 6.03 Å². The van der Waals surface area contributed by atoms with Crippen molar-refractivity contribution in [2.75, 3.05) is 0 Å². The van der Waals surface area contributed by atoms with Crippen LogP contribution in [0.1, 0.15) is 49.8 Å². The molecule has 1 aromatic rings. The van der Waals surface area contributed by atoms with Crippen molar-refractivity contribution in [2.45, 2.75) is 58.0 Å². The first-order valence-electron chi connectivity index (χ1n) is 7.81. The number of carbonyl (C=O) groups excluding carboxylic acids is 1. The van der Waals surface area contributed by atoms with Crippen LogP contribution >= 0.6 is 0 Å². The van der Waals surface area contributed by atoms with Crippen LogP contribution in [0, 0.1) is 18.8 Å². The minimum Gasteiger partial charge on any atom is -0.469 e. The van der Waals surface area contributed by atoms with Crippen LogP contribution in [0.15, 0.2) is 16.7 Å². The summed E-state index contributed by atoms with van der Waals surface area (Å²) < 4.78 is 5.21. The van der Waals surface area contributed by atoms with E-state index in [2.05, 4.69) is 10.6 Å². The number of rotatable bonds is 4. The van der Waals surface area contributed by atoms with Crippen molar-refractivity contribution in [1.29, 1.82) is 0 Å². The van der Waals surface area contributed by atoms with Gasteiger partial charge in [0.1, 0.15) is 5.76 Å². The van der Waals surface area contributed by atoms with E-state index in [1.165, 1.54) is 38.5 Å². The molecule has 2 atom stereocenters. The zero-order valence-electron chi connectivity index (χ0n) is 12.2. The molecule has 20 heavy (non-hydrogen) atoms. The Labute approximate surface area is 120 Å². The second-order valence-corrected chi connectivity index (χ2v) is 6.23. The van der Waals surface area contributed by atoms with E-state index in [1.807, 2.05) is 13.0 Å². The Bertz CT molecular complexity index is 463. The summed E-state index contributed by atoms with van der Waals surface area (Å²) in [5, 5.41) is 6.01. The number of aryl methyl sites for hydroxylation is 1. The van der Waals surface area contributed by atoms with Gasteiger partial charge in [0.15, 0.2) is 0 Å². The fourth-order valence-electron chi connectivity index (χ4n) is 3.45. The van der Waals surface area contributed by atoms with Crippen LogP contribution in [0.4, 0.5) is 4.79 Å². The van der Waals surface area contributed by atoms with Crippen LogP contribution in [0.5, 0.6) is 0 Å². The highest BCUT2D eigenvalue weighted by Gasteiger charge is 2.43. The van der Waals surface area contributed by atoms with Gasteiger partial charge in [0.25, 0.3) is 0 Å². The van der Waals surface area contributed by atoms with Crippen molar-refractivity contribution in [2.24, 2.45) is 11.8 Å². The molecular formula is C16H24N2O2. The first kappa shape index (κ1) is 13.5. The second-order valence-electron chi connectivity index (χ2n) is 6.23. The Morgan fingerprint density at radius 3 is 2.85 bits per heavy atom. The standard InChI is InChI=1S/C16H24N2O2/c1-11-13(7-8-20-11)10-17-16(19)18-15-9-14(15)12-5-3-2-4-6-12/h7-8,12,14-15H,2-6,9-10H2,1H3,(H2,17,18,19)/t14-,15+/m0/s1. The van der Waals surface area contributed by atoms with Crippen LogP contribution in [-0.2, 0) is 6.54 Å². The Hall–Kier alpha value is -1.45. The van der Waals surface area contributed by atoms with Gasteiger partial charge in [-0.3, -0.25) is 0 Å². The van der Waals surface area contributed by atoms with Gasteiger partial charge in [0, 0.05) is 18.2 Å². The lowest BCUT2D eigenvalue weighted by Gasteiger charge is -2.21. The van der Waals surface area contributed by atoms with E-state index in [-0.39, 0.29) is 6.03 Å². The molecular weight excluding hydrogens is 252 g/mol. The van der Waals surface area contributed by atoms with Crippen molar-refractivity contribution in [3.05, 3.63) is 23.7 Å². The zero-order valence-corrected chi connectivity index (χ0v) is 12.2. The number of hydrogen-bond donors (Lipinski definition) is 2. The maximum Gasteiger partial charge on any atom is 0.315 e. The average molecular weight is 276 g/mol. The van der Waals surface area contributed by atoms with Crippen molar-refractivity contribution in [3.8, 4) is 0 Å². The van der Waals surface area contributed by atoms with Crippen LogP contribution in [-0.4, -0.2) is 12.1 Å². The van der Waals surface area contributed by atoms with E-state index < -0.39 is 0 Å². The minimum absolute atomic E-state index is 0.0473. The third kappa shape index (κ3) is 3.17. The number of amides is 2. The molecule has 2 aliphatic rings. The monoisotopic (exact) mass is 276 g/mol. The molecule has 0 spiro atoms. The van der Waals surface area contributed by atoms with E-state index >= 15 is 0 Å². The van der Waals surface area contributed by atoms with Crippen molar-refractivity contribution < 1.29 is 9.21 Å². The highest BCUT2D eigenvalue weighted by molar-refractivity contribution is 5.74. The predicted molar refractivity (Wildman–Crippen MR) is 77.3 cm³/mol. The lowest BCUT2D eigenvalue weighted by atomic mass is 9.85. The van der Waals surface area contributed by atoms with E-state index in [0.29, 0.717) is 12.6 Å². The number of furan rings is 1. The van der Waals surface area contributed by atoms with Crippen molar-refractivity contribution in [1.82, 2.24) is 10.6 Å². The van der Waals surface area contributed by atoms with Gasteiger partial charge in [-0.05, 0) is 31.2 Å². The predicted octanol–water partition coefficient (Wildman–Crippen LogP) is 3.36. The van der Waals surface area contributed by atoms with Gasteiger partial charge in [0.2, 0.25) is 0 Å². The lowest BCUT2D eigenvalue weighted by molar-refractivity contribution is 0.237. The maximum atomic E-state index is 11.9.